The summed E-state index contributed by atoms with van der Waals surface area (Å²) in [6.07, 6.45) is 0. The molecule has 12 rings (SSSR count). The number of hydrogen-bond donors (Lipinski definition) is 0. The van der Waals surface area contributed by atoms with Gasteiger partial charge in [-0.15, -0.1) is 0 Å². The molecule has 62 heavy (non-hydrogen) atoms. The van der Waals surface area contributed by atoms with Crippen LogP contribution in [0.2, 0.25) is 0 Å². The van der Waals surface area contributed by atoms with E-state index < -0.39 is 5.41 Å². The minimum atomic E-state index is -0.522. The molecule has 3 heteroatoms. The molecule has 2 aromatic heterocycles. The zero-order chi connectivity index (χ0) is 41.0. The van der Waals surface area contributed by atoms with Gasteiger partial charge in [0.15, 0.2) is 5.82 Å². The quantitative estimate of drug-likeness (QED) is 0.161. The number of nitrogens with zero attached hydrogens (tertiary/aromatic N) is 2. The van der Waals surface area contributed by atoms with E-state index in [9.17, 15) is 0 Å². The van der Waals surface area contributed by atoms with Crippen LogP contribution in [0.4, 0.5) is 0 Å². The second-order valence-corrected chi connectivity index (χ2v) is 16.1. The molecule has 9 aromatic carbocycles. The number of aromatic nitrogens is 2. The third kappa shape index (κ3) is 5.74. The van der Waals surface area contributed by atoms with Gasteiger partial charge in [-0.05, 0) is 86.0 Å². The minimum Gasteiger partial charge on any atom is -0.456 e. The first-order valence-corrected chi connectivity index (χ1v) is 21.1. The standard InChI is InChI=1S/C59H38N2O/c1-4-16-39(17-5-1)42-18-14-19-44(36-42)58-60-53(41-32-30-40(31-33-41)47-26-15-29-56-57(47)50-25-11-13-28-55(50)62-56)38-54(61-58)43-34-35-49-48-24-10-12-27-51(48)59(52(49)37-43,45-20-6-2-7-21-45)46-22-8-3-9-23-46/h1-38H. The van der Waals surface area contributed by atoms with E-state index in [-0.39, 0.29) is 0 Å². The van der Waals surface area contributed by atoms with Crippen LogP contribution in [0.15, 0.2) is 235 Å². The molecule has 0 bridgehead atoms. The zero-order valence-electron chi connectivity index (χ0n) is 33.7. The molecule has 0 saturated heterocycles. The third-order valence-corrected chi connectivity index (χ3v) is 12.6. The van der Waals surface area contributed by atoms with E-state index in [0.29, 0.717) is 5.82 Å². The van der Waals surface area contributed by atoms with Gasteiger partial charge in [0.25, 0.3) is 0 Å². The lowest BCUT2D eigenvalue weighted by atomic mass is 9.67. The van der Waals surface area contributed by atoms with Crippen LogP contribution in [0, 0.1) is 0 Å². The van der Waals surface area contributed by atoms with Crippen LogP contribution >= 0.6 is 0 Å². The Balaban J connectivity index is 1.04. The molecule has 3 nitrogen and oxygen atoms in total. The average Bonchev–Trinajstić information content (AvgIpc) is 3.89. The van der Waals surface area contributed by atoms with Crippen molar-refractivity contribution >= 4 is 21.9 Å². The maximum Gasteiger partial charge on any atom is 0.160 e. The summed E-state index contributed by atoms with van der Waals surface area (Å²) in [5.41, 5.74) is 18.0. The fourth-order valence-corrected chi connectivity index (χ4v) is 9.78. The summed E-state index contributed by atoms with van der Waals surface area (Å²) in [5, 5.41) is 2.24. The Hall–Kier alpha value is -8.14. The summed E-state index contributed by atoms with van der Waals surface area (Å²) in [4.78, 5) is 10.7. The van der Waals surface area contributed by atoms with E-state index in [1.165, 1.54) is 33.4 Å². The first kappa shape index (κ1) is 35.8. The Morgan fingerprint density at radius 1 is 0.323 bits per heavy atom. The molecule has 0 saturated carbocycles. The van der Waals surface area contributed by atoms with Crippen molar-refractivity contribution in [2.45, 2.75) is 5.41 Å². The summed E-state index contributed by atoms with van der Waals surface area (Å²) in [7, 11) is 0. The number of rotatable bonds is 7. The van der Waals surface area contributed by atoms with Gasteiger partial charge in [0.1, 0.15) is 11.2 Å². The summed E-state index contributed by atoms with van der Waals surface area (Å²) in [5.74, 6) is 0.676. The molecule has 1 aliphatic rings. The summed E-state index contributed by atoms with van der Waals surface area (Å²) < 4.78 is 6.25. The first-order chi connectivity index (χ1) is 30.7. The maximum atomic E-state index is 6.25. The topological polar surface area (TPSA) is 38.9 Å². The first-order valence-electron chi connectivity index (χ1n) is 21.1. The Morgan fingerprint density at radius 3 is 1.65 bits per heavy atom. The van der Waals surface area contributed by atoms with Crippen LogP contribution in [0.25, 0.3) is 89.2 Å². The maximum absolute atomic E-state index is 6.25. The molecule has 11 aromatic rings. The second-order valence-electron chi connectivity index (χ2n) is 16.1. The molecule has 290 valence electrons. The highest BCUT2D eigenvalue weighted by Gasteiger charge is 2.46. The Labute approximate surface area is 360 Å². The van der Waals surface area contributed by atoms with Crippen molar-refractivity contribution in [2.24, 2.45) is 0 Å². The van der Waals surface area contributed by atoms with Crippen molar-refractivity contribution in [1.29, 1.82) is 0 Å². The molecule has 0 fully saturated rings. The molecule has 0 atom stereocenters. The molecule has 1 aliphatic carbocycles. The molecule has 0 radical (unpaired) electrons. The SMILES string of the molecule is c1ccc(-c2cccc(-c3nc(-c4ccc(-c5cccc6oc7ccccc7c56)cc4)cc(-c4ccc5c(c4)C(c4ccccc4)(c4ccccc4)c4ccccc4-5)n3)c2)cc1. The highest BCUT2D eigenvalue weighted by atomic mass is 16.3. The second kappa shape index (κ2) is 14.5. The van der Waals surface area contributed by atoms with Crippen molar-refractivity contribution in [2.75, 3.05) is 0 Å². The van der Waals surface area contributed by atoms with Crippen molar-refractivity contribution < 1.29 is 4.42 Å². The predicted octanol–water partition coefficient (Wildman–Crippen LogP) is 15.1. The Bertz CT molecular complexity index is 3400. The number of fused-ring (bicyclic) bond motifs is 6. The smallest absolute Gasteiger partial charge is 0.160 e. The van der Waals surface area contributed by atoms with E-state index in [2.05, 4.69) is 212 Å². The van der Waals surface area contributed by atoms with Gasteiger partial charge in [-0.1, -0.05) is 200 Å². The lowest BCUT2D eigenvalue weighted by molar-refractivity contribution is 0.669. The van der Waals surface area contributed by atoms with Crippen LogP contribution in [0.5, 0.6) is 0 Å². The monoisotopic (exact) mass is 790 g/mol. The summed E-state index contributed by atoms with van der Waals surface area (Å²) in [6, 6.07) is 82.2. The van der Waals surface area contributed by atoms with Gasteiger partial charge in [0.2, 0.25) is 0 Å². The van der Waals surface area contributed by atoms with Crippen LogP contribution in [-0.4, -0.2) is 9.97 Å². The number of furan rings is 1. The Morgan fingerprint density at radius 2 is 0.871 bits per heavy atom. The minimum absolute atomic E-state index is 0.522. The lowest BCUT2D eigenvalue weighted by Gasteiger charge is -2.34. The van der Waals surface area contributed by atoms with Crippen molar-refractivity contribution in [1.82, 2.24) is 9.97 Å². The zero-order valence-corrected chi connectivity index (χ0v) is 33.7. The van der Waals surface area contributed by atoms with E-state index >= 15 is 0 Å². The fourth-order valence-electron chi connectivity index (χ4n) is 9.78. The molecule has 0 aliphatic heterocycles. The molecule has 0 spiro atoms. The predicted molar refractivity (Wildman–Crippen MR) is 254 cm³/mol. The molecular weight excluding hydrogens is 753 g/mol. The molecule has 2 heterocycles. The van der Waals surface area contributed by atoms with Gasteiger partial charge in [0.05, 0.1) is 16.8 Å². The number of hydrogen-bond acceptors (Lipinski definition) is 3. The van der Waals surface area contributed by atoms with Crippen LogP contribution < -0.4 is 0 Å². The lowest BCUT2D eigenvalue weighted by Crippen LogP contribution is -2.28. The van der Waals surface area contributed by atoms with Gasteiger partial charge in [-0.3, -0.25) is 0 Å². The van der Waals surface area contributed by atoms with E-state index in [1.54, 1.807) is 0 Å². The third-order valence-electron chi connectivity index (χ3n) is 12.6. The normalized spacial score (nSPS) is 12.6. The van der Waals surface area contributed by atoms with E-state index in [4.69, 9.17) is 14.4 Å². The van der Waals surface area contributed by atoms with Gasteiger partial charge >= 0.3 is 0 Å². The highest BCUT2D eigenvalue weighted by Crippen LogP contribution is 2.56. The summed E-state index contributed by atoms with van der Waals surface area (Å²) >= 11 is 0. The van der Waals surface area contributed by atoms with E-state index in [0.717, 1.165) is 72.3 Å². The number of para-hydroxylation sites is 1. The molecule has 0 unspecified atom stereocenters. The summed E-state index contributed by atoms with van der Waals surface area (Å²) in [6.45, 7) is 0. The van der Waals surface area contributed by atoms with Crippen molar-refractivity contribution in [3.63, 3.8) is 0 Å². The Kier molecular flexibility index (Phi) is 8.39. The fraction of sp³-hybridized carbons (Fsp3) is 0.0169. The molecule has 0 N–H and O–H groups in total. The average molecular weight is 791 g/mol. The van der Waals surface area contributed by atoms with Gasteiger partial charge in [-0.25, -0.2) is 9.97 Å². The van der Waals surface area contributed by atoms with Crippen molar-refractivity contribution in [3.05, 3.63) is 253 Å². The van der Waals surface area contributed by atoms with Gasteiger partial charge in [0, 0.05) is 27.5 Å². The van der Waals surface area contributed by atoms with E-state index in [1.807, 2.05) is 18.2 Å². The highest BCUT2D eigenvalue weighted by molar-refractivity contribution is 6.12. The van der Waals surface area contributed by atoms with Crippen LogP contribution in [0.3, 0.4) is 0 Å². The molecule has 0 amide bonds. The molecular formula is C59H38N2O. The van der Waals surface area contributed by atoms with Crippen LogP contribution in [0.1, 0.15) is 22.3 Å². The largest absolute Gasteiger partial charge is 0.456 e. The van der Waals surface area contributed by atoms with Gasteiger partial charge in [-0.2, -0.15) is 0 Å². The van der Waals surface area contributed by atoms with Gasteiger partial charge < -0.3 is 4.42 Å². The van der Waals surface area contributed by atoms with Crippen LogP contribution in [-0.2, 0) is 5.41 Å². The van der Waals surface area contributed by atoms with Crippen molar-refractivity contribution in [3.8, 4) is 67.3 Å². The number of benzene rings is 9.